The number of hydrogen-bond donors (Lipinski definition) is 1. The van der Waals surface area contributed by atoms with Crippen molar-refractivity contribution in [3.8, 4) is 0 Å². The summed E-state index contributed by atoms with van der Waals surface area (Å²) in [6.45, 7) is 7.00. The molecule has 0 saturated heterocycles. The Morgan fingerprint density at radius 3 is 2.53 bits per heavy atom. The molecule has 1 aromatic carbocycles. The lowest BCUT2D eigenvalue weighted by molar-refractivity contribution is 0.0969. The van der Waals surface area contributed by atoms with Crippen LogP contribution in [0.15, 0.2) is 18.2 Å². The summed E-state index contributed by atoms with van der Waals surface area (Å²) in [7, 11) is 0. The van der Waals surface area contributed by atoms with Gasteiger partial charge in [0.25, 0.3) is 0 Å². The Kier molecular flexibility index (Phi) is 6.53. The highest BCUT2D eigenvalue weighted by molar-refractivity contribution is 6.31. The molecule has 0 radical (unpaired) electrons. The van der Waals surface area contributed by atoms with Crippen molar-refractivity contribution in [3.63, 3.8) is 0 Å². The molecule has 0 bridgehead atoms. The lowest BCUT2D eigenvalue weighted by atomic mass is 9.87. The third-order valence-electron chi connectivity index (χ3n) is 3.72. The van der Waals surface area contributed by atoms with E-state index in [2.05, 4.69) is 13.8 Å². The van der Waals surface area contributed by atoms with Crippen LogP contribution in [0.25, 0.3) is 0 Å². The third-order valence-corrected chi connectivity index (χ3v) is 4.12. The predicted octanol–water partition coefficient (Wildman–Crippen LogP) is 4.23. The second-order valence-electron chi connectivity index (χ2n) is 5.51. The van der Waals surface area contributed by atoms with Crippen molar-refractivity contribution in [2.45, 2.75) is 40.0 Å². The minimum absolute atomic E-state index is 0.171. The minimum Gasteiger partial charge on any atom is -0.330 e. The van der Waals surface area contributed by atoms with Gasteiger partial charge in [-0.1, -0.05) is 37.6 Å². The van der Waals surface area contributed by atoms with Crippen LogP contribution in [-0.2, 0) is 0 Å². The quantitative estimate of drug-likeness (QED) is 0.760. The van der Waals surface area contributed by atoms with E-state index < -0.39 is 0 Å². The maximum atomic E-state index is 12.1. The Labute approximate surface area is 121 Å². The summed E-state index contributed by atoms with van der Waals surface area (Å²) in [5.41, 5.74) is 7.33. The molecule has 0 spiro atoms. The molecular weight excluding hydrogens is 258 g/mol. The summed E-state index contributed by atoms with van der Waals surface area (Å²) in [5, 5.41) is 0.660. The predicted molar refractivity (Wildman–Crippen MR) is 81.8 cm³/mol. The van der Waals surface area contributed by atoms with E-state index in [4.69, 9.17) is 17.3 Å². The molecule has 0 aliphatic carbocycles. The fourth-order valence-corrected chi connectivity index (χ4v) is 2.43. The number of Topliss-reactive ketones (excluding diaryl/α,β-unsaturated/α-hetero) is 1. The zero-order valence-electron chi connectivity index (χ0n) is 12.1. The van der Waals surface area contributed by atoms with Gasteiger partial charge in [0.05, 0.1) is 0 Å². The lowest BCUT2D eigenvalue weighted by Crippen LogP contribution is -2.15. The summed E-state index contributed by atoms with van der Waals surface area (Å²) in [6.07, 6.45) is 2.46. The number of carbonyl (C=O) groups is 1. The van der Waals surface area contributed by atoms with Gasteiger partial charge in [-0.25, -0.2) is 0 Å². The van der Waals surface area contributed by atoms with Gasteiger partial charge in [0, 0.05) is 17.0 Å². The van der Waals surface area contributed by atoms with E-state index in [0.29, 0.717) is 35.4 Å². The van der Waals surface area contributed by atoms with Gasteiger partial charge in [0.2, 0.25) is 0 Å². The van der Waals surface area contributed by atoms with E-state index in [0.717, 1.165) is 18.4 Å². The first kappa shape index (κ1) is 16.2. The van der Waals surface area contributed by atoms with E-state index in [-0.39, 0.29) is 5.78 Å². The van der Waals surface area contributed by atoms with Crippen molar-refractivity contribution in [3.05, 3.63) is 34.3 Å². The second-order valence-corrected chi connectivity index (χ2v) is 5.91. The highest BCUT2D eigenvalue weighted by Gasteiger charge is 2.15. The number of carbonyl (C=O) groups excluding carboxylic acids is 1. The summed E-state index contributed by atoms with van der Waals surface area (Å²) >= 11 is 6.05. The van der Waals surface area contributed by atoms with Crippen LogP contribution in [0.4, 0.5) is 0 Å². The fourth-order valence-electron chi connectivity index (χ4n) is 2.25. The van der Waals surface area contributed by atoms with Crippen molar-refractivity contribution in [1.82, 2.24) is 0 Å². The number of rotatable bonds is 7. The van der Waals surface area contributed by atoms with Crippen molar-refractivity contribution in [2.24, 2.45) is 17.6 Å². The van der Waals surface area contributed by atoms with Crippen molar-refractivity contribution < 1.29 is 4.79 Å². The van der Waals surface area contributed by atoms with Crippen LogP contribution < -0.4 is 5.73 Å². The third kappa shape index (κ3) is 4.96. The minimum atomic E-state index is 0.171. The molecular formula is C16H24ClNO. The van der Waals surface area contributed by atoms with E-state index in [1.165, 1.54) is 0 Å². The molecule has 3 heteroatoms. The summed E-state index contributed by atoms with van der Waals surface area (Å²) in [6, 6.07) is 5.53. The van der Waals surface area contributed by atoms with E-state index in [9.17, 15) is 4.79 Å². The van der Waals surface area contributed by atoms with Gasteiger partial charge >= 0.3 is 0 Å². The van der Waals surface area contributed by atoms with Gasteiger partial charge in [0.1, 0.15) is 0 Å². The number of halogens is 1. The molecule has 0 aliphatic rings. The lowest BCUT2D eigenvalue weighted by Gasteiger charge is -2.19. The molecule has 106 valence electrons. The average Bonchev–Trinajstić information content (AvgIpc) is 2.37. The SMILES string of the molecule is Cc1ccc(C(=O)CCC(CCN)C(C)C)cc1Cl. The number of benzene rings is 1. The molecule has 1 atom stereocenters. The summed E-state index contributed by atoms with van der Waals surface area (Å²) in [4.78, 5) is 12.1. The largest absolute Gasteiger partial charge is 0.330 e. The molecule has 0 amide bonds. The van der Waals surface area contributed by atoms with Crippen LogP contribution in [0, 0.1) is 18.8 Å². The van der Waals surface area contributed by atoms with Crippen LogP contribution in [0.2, 0.25) is 5.02 Å². The Balaban J connectivity index is 2.61. The fraction of sp³-hybridized carbons (Fsp3) is 0.562. The number of aryl methyl sites for hydroxylation is 1. The zero-order chi connectivity index (χ0) is 14.4. The van der Waals surface area contributed by atoms with Gasteiger partial charge in [-0.3, -0.25) is 4.79 Å². The standard InChI is InChI=1S/C16H24ClNO/c1-11(2)13(8-9-18)6-7-16(19)14-5-4-12(3)15(17)10-14/h4-5,10-11,13H,6-9,18H2,1-3H3. The smallest absolute Gasteiger partial charge is 0.162 e. The molecule has 0 fully saturated rings. The Bertz CT molecular complexity index is 429. The van der Waals surface area contributed by atoms with Gasteiger partial charge in [0.15, 0.2) is 5.78 Å². The first-order valence-corrected chi connectivity index (χ1v) is 7.33. The van der Waals surface area contributed by atoms with Crippen LogP contribution in [-0.4, -0.2) is 12.3 Å². The molecule has 0 aromatic heterocycles. The Hall–Kier alpha value is -0.860. The van der Waals surface area contributed by atoms with Crippen LogP contribution in [0.3, 0.4) is 0 Å². The normalized spacial score (nSPS) is 12.7. The maximum absolute atomic E-state index is 12.1. The monoisotopic (exact) mass is 281 g/mol. The van der Waals surface area contributed by atoms with E-state index in [1.807, 2.05) is 19.1 Å². The van der Waals surface area contributed by atoms with Gasteiger partial charge in [-0.05, 0) is 49.8 Å². The number of ketones is 1. The molecule has 1 aromatic rings. The molecule has 1 unspecified atom stereocenters. The Morgan fingerprint density at radius 1 is 1.32 bits per heavy atom. The van der Waals surface area contributed by atoms with Crippen LogP contribution in [0.5, 0.6) is 0 Å². The molecule has 19 heavy (non-hydrogen) atoms. The second kappa shape index (κ2) is 7.66. The maximum Gasteiger partial charge on any atom is 0.162 e. The van der Waals surface area contributed by atoms with E-state index in [1.54, 1.807) is 6.07 Å². The summed E-state index contributed by atoms with van der Waals surface area (Å²) < 4.78 is 0. The van der Waals surface area contributed by atoms with Crippen molar-refractivity contribution >= 4 is 17.4 Å². The molecule has 0 heterocycles. The molecule has 0 aliphatic heterocycles. The van der Waals surface area contributed by atoms with Crippen molar-refractivity contribution in [1.29, 1.82) is 0 Å². The number of hydrogen-bond acceptors (Lipinski definition) is 2. The first-order valence-electron chi connectivity index (χ1n) is 6.95. The molecule has 2 nitrogen and oxygen atoms in total. The highest BCUT2D eigenvalue weighted by atomic mass is 35.5. The van der Waals surface area contributed by atoms with Crippen molar-refractivity contribution in [2.75, 3.05) is 6.54 Å². The van der Waals surface area contributed by atoms with Gasteiger partial charge in [-0.2, -0.15) is 0 Å². The zero-order valence-corrected chi connectivity index (χ0v) is 12.8. The molecule has 1 rings (SSSR count). The van der Waals surface area contributed by atoms with Crippen LogP contribution >= 0.6 is 11.6 Å². The van der Waals surface area contributed by atoms with Gasteiger partial charge < -0.3 is 5.73 Å². The first-order chi connectivity index (χ1) is 8.95. The number of nitrogens with two attached hydrogens (primary N) is 1. The average molecular weight is 282 g/mol. The van der Waals surface area contributed by atoms with E-state index >= 15 is 0 Å². The van der Waals surface area contributed by atoms with Gasteiger partial charge in [-0.15, -0.1) is 0 Å². The molecule has 0 saturated carbocycles. The highest BCUT2D eigenvalue weighted by Crippen LogP contribution is 2.23. The molecule has 2 N–H and O–H groups in total. The topological polar surface area (TPSA) is 43.1 Å². The summed E-state index contributed by atoms with van der Waals surface area (Å²) in [5.74, 6) is 1.26. The van der Waals surface area contributed by atoms with Crippen LogP contribution in [0.1, 0.15) is 49.0 Å². The Morgan fingerprint density at radius 2 is 2.00 bits per heavy atom.